The molecular weight excluding hydrogens is 329 g/mol. The molecule has 1 fully saturated rings. The van der Waals surface area contributed by atoms with Gasteiger partial charge in [-0.25, -0.2) is 4.39 Å². The molecule has 3 N–H and O–H groups in total. The second-order valence-electron chi connectivity index (χ2n) is 6.05. The smallest absolute Gasteiger partial charge is 0.238 e. The number of nitrogens with zero attached hydrogens (tertiary/aromatic N) is 1. The van der Waals surface area contributed by atoms with E-state index in [2.05, 4.69) is 17.4 Å². The highest BCUT2D eigenvalue weighted by Crippen LogP contribution is 2.26. The van der Waals surface area contributed by atoms with Gasteiger partial charge >= 0.3 is 0 Å². The van der Waals surface area contributed by atoms with Crippen LogP contribution in [0.25, 0.3) is 0 Å². The van der Waals surface area contributed by atoms with Gasteiger partial charge in [-0.1, -0.05) is 41.9 Å². The molecule has 0 aliphatic carbocycles. The molecule has 1 aliphatic heterocycles. The van der Waals surface area contributed by atoms with Crippen LogP contribution in [0.5, 0.6) is 0 Å². The summed E-state index contributed by atoms with van der Waals surface area (Å²) in [6.45, 7) is 1.50. The van der Waals surface area contributed by atoms with Gasteiger partial charge < -0.3 is 11.1 Å². The monoisotopic (exact) mass is 347 g/mol. The van der Waals surface area contributed by atoms with Crippen molar-refractivity contribution < 1.29 is 9.18 Å². The number of nitrogens with two attached hydrogens (primary N) is 1. The van der Waals surface area contributed by atoms with Crippen LogP contribution in [0.4, 0.5) is 10.1 Å². The minimum Gasteiger partial charge on any atom is -0.326 e. The number of hydrogen-bond donors (Lipinski definition) is 2. The summed E-state index contributed by atoms with van der Waals surface area (Å²) in [5, 5.41) is 2.94. The Morgan fingerprint density at radius 2 is 2.00 bits per heavy atom. The fraction of sp³-hybridized carbons (Fsp3) is 0.278. The number of likely N-dealkylation sites (tertiary alicyclic amines) is 1. The quantitative estimate of drug-likeness (QED) is 0.894. The van der Waals surface area contributed by atoms with Crippen LogP contribution in [0.15, 0.2) is 48.5 Å². The van der Waals surface area contributed by atoms with Crippen molar-refractivity contribution in [3.8, 4) is 0 Å². The molecule has 126 valence electrons. The normalized spacial score (nSPS) is 21.0. The van der Waals surface area contributed by atoms with Crippen molar-refractivity contribution in [3.05, 3.63) is 64.9 Å². The van der Waals surface area contributed by atoms with Crippen LogP contribution in [0, 0.1) is 5.82 Å². The molecule has 0 bridgehead atoms. The number of carbonyl (C=O) groups is 1. The van der Waals surface area contributed by atoms with Crippen molar-refractivity contribution in [1.29, 1.82) is 0 Å². The molecule has 2 aromatic carbocycles. The van der Waals surface area contributed by atoms with Gasteiger partial charge in [-0.3, -0.25) is 9.69 Å². The predicted octanol–water partition coefficient (Wildman–Crippen LogP) is 2.84. The minimum absolute atomic E-state index is 0.0249. The maximum Gasteiger partial charge on any atom is 0.238 e. The molecule has 0 spiro atoms. The van der Waals surface area contributed by atoms with Crippen LogP contribution < -0.4 is 11.1 Å². The molecule has 1 amide bonds. The summed E-state index contributed by atoms with van der Waals surface area (Å²) >= 11 is 5.83. The van der Waals surface area contributed by atoms with Crippen LogP contribution in [0.2, 0.25) is 5.02 Å². The number of nitrogens with one attached hydrogen (secondary N) is 1. The molecule has 3 rings (SSSR count). The highest BCUT2D eigenvalue weighted by Gasteiger charge is 2.32. The van der Waals surface area contributed by atoms with Gasteiger partial charge in [0.15, 0.2) is 0 Å². The highest BCUT2D eigenvalue weighted by molar-refractivity contribution is 6.30. The number of amides is 1. The first kappa shape index (κ1) is 16.9. The van der Waals surface area contributed by atoms with Crippen molar-refractivity contribution in [2.24, 2.45) is 5.73 Å². The van der Waals surface area contributed by atoms with Crippen LogP contribution >= 0.6 is 11.6 Å². The Kier molecular flexibility index (Phi) is 5.14. The van der Waals surface area contributed by atoms with E-state index in [1.54, 1.807) is 0 Å². The minimum atomic E-state index is -0.506. The number of rotatable bonds is 4. The Morgan fingerprint density at radius 3 is 2.75 bits per heavy atom. The second kappa shape index (κ2) is 7.30. The van der Waals surface area contributed by atoms with Gasteiger partial charge in [-0.15, -0.1) is 0 Å². The van der Waals surface area contributed by atoms with Gasteiger partial charge in [0.1, 0.15) is 5.82 Å². The predicted molar refractivity (Wildman–Crippen MR) is 93.6 cm³/mol. The second-order valence-corrected chi connectivity index (χ2v) is 6.48. The van der Waals surface area contributed by atoms with E-state index in [-0.39, 0.29) is 30.1 Å². The number of benzene rings is 2. The number of halogens is 2. The van der Waals surface area contributed by atoms with Gasteiger partial charge in [-0.05, 0) is 23.8 Å². The van der Waals surface area contributed by atoms with E-state index < -0.39 is 5.82 Å². The van der Waals surface area contributed by atoms with Crippen molar-refractivity contribution in [1.82, 2.24) is 4.90 Å². The van der Waals surface area contributed by atoms with Crippen molar-refractivity contribution >= 4 is 23.2 Å². The van der Waals surface area contributed by atoms with E-state index in [0.29, 0.717) is 18.1 Å². The molecule has 1 saturated heterocycles. The van der Waals surface area contributed by atoms with Crippen LogP contribution in [0.3, 0.4) is 0 Å². The molecule has 24 heavy (non-hydrogen) atoms. The van der Waals surface area contributed by atoms with Gasteiger partial charge in [-0.2, -0.15) is 0 Å². The molecule has 4 nitrogen and oxygen atoms in total. The van der Waals surface area contributed by atoms with E-state index in [1.807, 2.05) is 23.1 Å². The van der Waals surface area contributed by atoms with Gasteiger partial charge in [0.25, 0.3) is 0 Å². The summed E-state index contributed by atoms with van der Waals surface area (Å²) in [6, 6.07) is 14.1. The van der Waals surface area contributed by atoms with E-state index in [1.165, 1.54) is 23.8 Å². The Morgan fingerprint density at radius 1 is 1.25 bits per heavy atom. The summed E-state index contributed by atoms with van der Waals surface area (Å²) in [5.74, 6) is -0.591. The highest BCUT2D eigenvalue weighted by atomic mass is 35.5. The Labute approximate surface area is 145 Å². The average Bonchev–Trinajstić information content (AvgIpc) is 2.92. The molecule has 0 aromatic heterocycles. The standard InChI is InChI=1S/C18H19ClFN3O/c19-13-6-7-15(20)17(8-13)22-18(24)11-23-9-14(16(21)10-23)12-4-2-1-3-5-12/h1-8,14,16H,9-11,21H2,(H,22,24)/t14-,16+/m0/s1. The molecule has 2 aromatic rings. The van der Waals surface area contributed by atoms with Crippen LogP contribution in [-0.2, 0) is 4.79 Å². The zero-order valence-electron chi connectivity index (χ0n) is 13.1. The Balaban J connectivity index is 1.60. The first-order valence-corrected chi connectivity index (χ1v) is 8.18. The van der Waals surface area contributed by atoms with Crippen LogP contribution in [-0.4, -0.2) is 36.5 Å². The van der Waals surface area contributed by atoms with Crippen LogP contribution in [0.1, 0.15) is 11.5 Å². The Hall–Kier alpha value is -1.95. The van der Waals surface area contributed by atoms with Crippen molar-refractivity contribution in [3.63, 3.8) is 0 Å². The molecule has 0 radical (unpaired) electrons. The number of carbonyl (C=O) groups excluding carboxylic acids is 1. The number of hydrogen-bond acceptors (Lipinski definition) is 3. The molecule has 1 heterocycles. The lowest BCUT2D eigenvalue weighted by Gasteiger charge is -2.16. The zero-order chi connectivity index (χ0) is 17.1. The van der Waals surface area contributed by atoms with Gasteiger partial charge in [0.05, 0.1) is 12.2 Å². The lowest BCUT2D eigenvalue weighted by molar-refractivity contribution is -0.117. The maximum absolute atomic E-state index is 13.7. The van der Waals surface area contributed by atoms with E-state index in [0.717, 1.165) is 0 Å². The topological polar surface area (TPSA) is 58.4 Å². The fourth-order valence-electron chi connectivity index (χ4n) is 3.08. The van der Waals surface area contributed by atoms with Gasteiger partial charge in [0.2, 0.25) is 5.91 Å². The first-order valence-electron chi connectivity index (χ1n) is 7.80. The summed E-state index contributed by atoms with van der Waals surface area (Å²) < 4.78 is 13.7. The third kappa shape index (κ3) is 3.93. The SMILES string of the molecule is N[C@@H]1CN(CC(=O)Nc2cc(Cl)ccc2F)C[C@H]1c1ccccc1. The summed E-state index contributed by atoms with van der Waals surface area (Å²) in [4.78, 5) is 14.2. The largest absolute Gasteiger partial charge is 0.326 e. The zero-order valence-corrected chi connectivity index (χ0v) is 13.8. The van der Waals surface area contributed by atoms with E-state index in [4.69, 9.17) is 17.3 Å². The summed E-state index contributed by atoms with van der Waals surface area (Å²) in [7, 11) is 0. The molecule has 2 atom stereocenters. The molecule has 0 saturated carbocycles. The third-order valence-electron chi connectivity index (χ3n) is 4.24. The maximum atomic E-state index is 13.7. The lowest BCUT2D eigenvalue weighted by Crippen LogP contribution is -2.33. The lowest BCUT2D eigenvalue weighted by atomic mass is 9.95. The molecule has 0 unspecified atom stereocenters. The van der Waals surface area contributed by atoms with Gasteiger partial charge in [0, 0.05) is 30.1 Å². The third-order valence-corrected chi connectivity index (χ3v) is 4.47. The molecular formula is C18H19ClFN3O. The molecule has 6 heteroatoms. The number of anilines is 1. The summed E-state index contributed by atoms with van der Waals surface area (Å²) in [5.41, 5.74) is 7.49. The summed E-state index contributed by atoms with van der Waals surface area (Å²) in [6.07, 6.45) is 0. The molecule has 1 aliphatic rings. The van der Waals surface area contributed by atoms with E-state index in [9.17, 15) is 9.18 Å². The van der Waals surface area contributed by atoms with Crippen molar-refractivity contribution in [2.45, 2.75) is 12.0 Å². The van der Waals surface area contributed by atoms with Crippen molar-refractivity contribution in [2.75, 3.05) is 25.0 Å². The van der Waals surface area contributed by atoms with E-state index >= 15 is 0 Å². The average molecular weight is 348 g/mol. The fourth-order valence-corrected chi connectivity index (χ4v) is 3.25. The first-order chi connectivity index (χ1) is 11.5. The Bertz CT molecular complexity index is 725.